The number of fused-ring (bicyclic) bond motifs is 1. The van der Waals surface area contributed by atoms with Gasteiger partial charge in [-0.1, -0.05) is 29.8 Å². The molecule has 3 amide bonds. The molecule has 0 radical (unpaired) electrons. The summed E-state index contributed by atoms with van der Waals surface area (Å²) in [6.07, 6.45) is 1.29. The van der Waals surface area contributed by atoms with Gasteiger partial charge >= 0.3 is 0 Å². The summed E-state index contributed by atoms with van der Waals surface area (Å²) in [7, 11) is 1.39. The number of aromatic nitrogens is 1. The van der Waals surface area contributed by atoms with Gasteiger partial charge in [0.05, 0.1) is 23.2 Å². The first kappa shape index (κ1) is 29.5. The third-order valence-electron chi connectivity index (χ3n) is 7.46. The third-order valence-corrected chi connectivity index (χ3v) is 7.46. The fourth-order valence-electron chi connectivity index (χ4n) is 5.56. The quantitative estimate of drug-likeness (QED) is 0.248. The van der Waals surface area contributed by atoms with Crippen molar-refractivity contribution in [2.75, 3.05) is 12.4 Å². The second-order valence-corrected chi connectivity index (χ2v) is 10.6. The largest absolute Gasteiger partial charge is 0.355 e. The molecule has 1 aromatic heterocycles. The van der Waals surface area contributed by atoms with Crippen molar-refractivity contribution in [1.29, 1.82) is 0 Å². The summed E-state index contributed by atoms with van der Waals surface area (Å²) in [6, 6.07) is 13.4. The number of hydrogen-bond donors (Lipinski definition) is 3. The van der Waals surface area contributed by atoms with Crippen LogP contribution in [0.4, 0.5) is 18.9 Å². The van der Waals surface area contributed by atoms with Crippen molar-refractivity contribution in [3.8, 4) is 11.1 Å². The van der Waals surface area contributed by atoms with Gasteiger partial charge in [-0.3, -0.25) is 19.4 Å². The van der Waals surface area contributed by atoms with Crippen molar-refractivity contribution < 1.29 is 27.6 Å². The highest BCUT2D eigenvalue weighted by molar-refractivity contribution is 6.05. The Bertz CT molecular complexity index is 1740. The van der Waals surface area contributed by atoms with E-state index in [1.165, 1.54) is 37.5 Å². The van der Waals surface area contributed by atoms with Crippen LogP contribution < -0.4 is 16.0 Å². The van der Waals surface area contributed by atoms with Crippen LogP contribution in [0.15, 0.2) is 66.9 Å². The zero-order chi connectivity index (χ0) is 30.8. The van der Waals surface area contributed by atoms with Crippen LogP contribution in [0.1, 0.15) is 56.7 Å². The van der Waals surface area contributed by atoms with Crippen molar-refractivity contribution in [2.24, 2.45) is 0 Å². The number of halogens is 3. The molecule has 1 aliphatic rings. The molecule has 0 saturated carbocycles. The van der Waals surface area contributed by atoms with Gasteiger partial charge in [-0.15, -0.1) is 0 Å². The molecule has 3 aromatic carbocycles. The highest BCUT2D eigenvalue weighted by atomic mass is 19.1. The van der Waals surface area contributed by atoms with Crippen molar-refractivity contribution in [3.63, 3.8) is 0 Å². The average molecular weight is 587 g/mol. The minimum atomic E-state index is -0.901. The van der Waals surface area contributed by atoms with Crippen LogP contribution in [-0.4, -0.2) is 29.8 Å². The maximum absolute atomic E-state index is 14.5. The highest BCUT2D eigenvalue weighted by Crippen LogP contribution is 2.38. The van der Waals surface area contributed by atoms with E-state index in [0.717, 1.165) is 28.8 Å². The fraction of sp³-hybridized carbons (Fsp3) is 0.212. The molecule has 0 saturated heterocycles. The Morgan fingerprint density at radius 3 is 2.47 bits per heavy atom. The van der Waals surface area contributed by atoms with Crippen LogP contribution in [0.25, 0.3) is 11.1 Å². The van der Waals surface area contributed by atoms with Crippen LogP contribution in [-0.2, 0) is 16.0 Å². The monoisotopic (exact) mass is 586 g/mol. The molecule has 1 unspecified atom stereocenters. The molecule has 5 rings (SSSR count). The Morgan fingerprint density at radius 2 is 1.74 bits per heavy atom. The van der Waals surface area contributed by atoms with Crippen LogP contribution in [0.5, 0.6) is 0 Å². The Morgan fingerprint density at radius 1 is 1.00 bits per heavy atom. The van der Waals surface area contributed by atoms with E-state index in [2.05, 4.69) is 20.9 Å². The number of aryl methyl sites for hydroxylation is 2. The number of nitrogens with one attached hydrogen (secondary N) is 3. The van der Waals surface area contributed by atoms with Gasteiger partial charge in [-0.05, 0) is 72.9 Å². The number of carbonyl (C=O) groups is 3. The fourth-order valence-corrected chi connectivity index (χ4v) is 5.56. The number of nitrogens with zero attached hydrogens (tertiary/aromatic N) is 1. The normalized spacial score (nSPS) is 14.6. The predicted molar refractivity (Wildman–Crippen MR) is 156 cm³/mol. The van der Waals surface area contributed by atoms with Gasteiger partial charge < -0.3 is 16.0 Å². The topological polar surface area (TPSA) is 100 Å². The standard InChI is InChI=1S/C33H29F3N4O3/c1-17-9-18(2)30-24(10-17)25(33(43)40-30)16-29(41)39-28(13-19-11-21(34)15-22(35)12-19)31-23(5-4-8-38-31)20-6-7-27(36)26(14-20)32(42)37-3/h4-12,14-15,25,28H,13,16H2,1-3H3,(H,37,42)(H,39,41)(H,40,43)/t25?,28-/m0/s1. The molecule has 4 aromatic rings. The first-order chi connectivity index (χ1) is 20.5. The average Bonchev–Trinajstić information content (AvgIpc) is 3.26. The molecule has 0 fully saturated rings. The number of hydrogen-bond acceptors (Lipinski definition) is 4. The van der Waals surface area contributed by atoms with Gasteiger partial charge in [-0.2, -0.15) is 0 Å². The molecule has 0 aliphatic carbocycles. The lowest BCUT2D eigenvalue weighted by atomic mass is 9.92. The Hall–Kier alpha value is -4.99. The molecular formula is C33H29F3N4O3. The van der Waals surface area contributed by atoms with Gasteiger partial charge in [-0.25, -0.2) is 13.2 Å². The molecule has 220 valence electrons. The number of rotatable bonds is 8. The summed E-state index contributed by atoms with van der Waals surface area (Å²) < 4.78 is 42.7. The highest BCUT2D eigenvalue weighted by Gasteiger charge is 2.34. The van der Waals surface area contributed by atoms with Crippen LogP contribution in [0, 0.1) is 31.3 Å². The second-order valence-electron chi connectivity index (χ2n) is 10.6. The summed E-state index contributed by atoms with van der Waals surface area (Å²) in [4.78, 5) is 43.2. The minimum Gasteiger partial charge on any atom is -0.355 e. The van der Waals surface area contributed by atoms with E-state index in [1.54, 1.807) is 12.1 Å². The van der Waals surface area contributed by atoms with Crippen molar-refractivity contribution in [2.45, 2.75) is 38.6 Å². The number of pyridine rings is 1. The van der Waals surface area contributed by atoms with Crippen LogP contribution >= 0.6 is 0 Å². The molecule has 3 N–H and O–H groups in total. The third kappa shape index (κ3) is 6.28. The summed E-state index contributed by atoms with van der Waals surface area (Å²) >= 11 is 0. The second kappa shape index (κ2) is 12.1. The van der Waals surface area contributed by atoms with Crippen molar-refractivity contribution in [1.82, 2.24) is 15.6 Å². The van der Waals surface area contributed by atoms with Crippen LogP contribution in [0.2, 0.25) is 0 Å². The zero-order valence-electron chi connectivity index (χ0n) is 23.7. The van der Waals surface area contributed by atoms with Gasteiger partial charge in [0.25, 0.3) is 5.91 Å². The molecule has 0 bridgehead atoms. The van der Waals surface area contributed by atoms with E-state index in [-0.39, 0.29) is 29.9 Å². The zero-order valence-corrected chi connectivity index (χ0v) is 23.7. The molecule has 0 spiro atoms. The lowest BCUT2D eigenvalue weighted by molar-refractivity contribution is -0.125. The molecule has 7 nitrogen and oxygen atoms in total. The van der Waals surface area contributed by atoms with Gasteiger partial charge in [0.2, 0.25) is 11.8 Å². The Kier molecular flexibility index (Phi) is 8.29. The van der Waals surface area contributed by atoms with E-state index in [1.807, 2.05) is 26.0 Å². The molecule has 1 aliphatic heterocycles. The lowest BCUT2D eigenvalue weighted by Crippen LogP contribution is -2.33. The van der Waals surface area contributed by atoms with E-state index in [9.17, 15) is 27.6 Å². The minimum absolute atomic E-state index is 0.0421. The Labute approximate surface area is 246 Å². The van der Waals surface area contributed by atoms with Crippen molar-refractivity contribution in [3.05, 3.63) is 118 Å². The smallest absolute Gasteiger partial charge is 0.254 e. The summed E-state index contributed by atoms with van der Waals surface area (Å²) in [6.45, 7) is 3.80. The summed E-state index contributed by atoms with van der Waals surface area (Å²) in [5.74, 6) is -4.39. The van der Waals surface area contributed by atoms with E-state index < -0.39 is 41.2 Å². The van der Waals surface area contributed by atoms with Crippen molar-refractivity contribution >= 4 is 23.4 Å². The number of anilines is 1. The molecule has 2 heterocycles. The summed E-state index contributed by atoms with van der Waals surface area (Å²) in [5.41, 5.74) is 4.61. The number of benzene rings is 3. The van der Waals surface area contributed by atoms with E-state index in [4.69, 9.17) is 0 Å². The van der Waals surface area contributed by atoms with Gasteiger partial charge in [0.15, 0.2) is 0 Å². The van der Waals surface area contributed by atoms with Crippen LogP contribution in [0.3, 0.4) is 0 Å². The maximum Gasteiger partial charge on any atom is 0.254 e. The molecule has 2 atom stereocenters. The Balaban J connectivity index is 1.52. The first-order valence-corrected chi connectivity index (χ1v) is 13.7. The van der Waals surface area contributed by atoms with Gasteiger partial charge in [0.1, 0.15) is 17.5 Å². The van der Waals surface area contributed by atoms with Gasteiger partial charge in [0, 0.05) is 37.0 Å². The lowest BCUT2D eigenvalue weighted by Gasteiger charge is -2.22. The molecular weight excluding hydrogens is 557 g/mol. The molecule has 43 heavy (non-hydrogen) atoms. The number of amides is 3. The first-order valence-electron chi connectivity index (χ1n) is 13.7. The van der Waals surface area contributed by atoms with E-state index >= 15 is 0 Å². The van der Waals surface area contributed by atoms with E-state index in [0.29, 0.717) is 22.5 Å². The molecule has 10 heteroatoms. The maximum atomic E-state index is 14.5. The predicted octanol–water partition coefficient (Wildman–Crippen LogP) is 5.67. The summed E-state index contributed by atoms with van der Waals surface area (Å²) in [5, 5.41) is 8.18. The number of carbonyl (C=O) groups excluding carboxylic acids is 3. The SMILES string of the molecule is CNC(=O)c1cc(-c2cccnc2[C@H](Cc2cc(F)cc(F)c2)NC(=O)CC2C(=O)Nc3c(C)cc(C)cc32)ccc1F.